The number of rotatable bonds is 11. The Hall–Kier alpha value is -4.13. The van der Waals surface area contributed by atoms with Crippen molar-refractivity contribution in [3.05, 3.63) is 83.9 Å². The Bertz CT molecular complexity index is 1250. The molecule has 0 unspecified atom stereocenters. The normalized spacial score (nSPS) is 11.8. The van der Waals surface area contributed by atoms with E-state index in [0.717, 1.165) is 41.6 Å². The first kappa shape index (κ1) is 24.0. The molecule has 3 N–H and O–H groups in total. The van der Waals surface area contributed by atoms with Crippen LogP contribution in [0.25, 0.3) is 22.6 Å². The lowest BCUT2D eigenvalue weighted by Gasteiger charge is -2.20. The van der Waals surface area contributed by atoms with Gasteiger partial charge < -0.3 is 20.2 Å². The van der Waals surface area contributed by atoms with Crippen LogP contribution in [0.5, 0.6) is 0 Å². The summed E-state index contributed by atoms with van der Waals surface area (Å²) >= 11 is 0. The number of oxazole rings is 1. The van der Waals surface area contributed by atoms with Crippen molar-refractivity contribution in [3.63, 3.8) is 0 Å². The van der Waals surface area contributed by atoms with Gasteiger partial charge in [0.15, 0.2) is 5.58 Å². The highest BCUT2D eigenvalue weighted by Crippen LogP contribution is 2.25. The summed E-state index contributed by atoms with van der Waals surface area (Å²) in [5.74, 6) is -0.595. The molecule has 4 rings (SSSR count). The van der Waals surface area contributed by atoms with Crippen LogP contribution in [-0.2, 0) is 11.2 Å². The minimum Gasteiger partial charge on any atom is -0.481 e. The standard InChI is InChI=1S/C28H29N3O4/c1-2-5-23(30-22-14-12-20(13-15-22)27(34)29-17-16-26(32)33)18-19-8-10-21(11-9-19)28-31-24-6-3-4-7-25(24)35-28/h3-4,6-15,23,30H,2,5,16-18H2,1H3,(H,29,34)(H,32,33)/t23-/m1/s1. The summed E-state index contributed by atoms with van der Waals surface area (Å²) < 4.78 is 5.87. The fourth-order valence-electron chi connectivity index (χ4n) is 3.98. The molecular formula is C28H29N3O4. The molecule has 3 aromatic carbocycles. The van der Waals surface area contributed by atoms with Crippen molar-refractivity contribution >= 4 is 28.7 Å². The zero-order valence-electron chi connectivity index (χ0n) is 19.7. The molecule has 7 nitrogen and oxygen atoms in total. The number of aliphatic carboxylic acids is 1. The van der Waals surface area contributed by atoms with Crippen LogP contribution in [0.4, 0.5) is 5.69 Å². The van der Waals surface area contributed by atoms with Gasteiger partial charge in [0.05, 0.1) is 6.42 Å². The number of anilines is 1. The Balaban J connectivity index is 1.37. The predicted molar refractivity (Wildman–Crippen MR) is 136 cm³/mol. The molecule has 0 fully saturated rings. The van der Waals surface area contributed by atoms with Gasteiger partial charge in [-0.3, -0.25) is 9.59 Å². The molecule has 0 saturated carbocycles. The summed E-state index contributed by atoms with van der Waals surface area (Å²) in [6, 6.07) is 23.5. The number of carboxylic acids is 1. The summed E-state index contributed by atoms with van der Waals surface area (Å²) in [5.41, 5.74) is 5.23. The Labute approximate surface area is 204 Å². The number of carbonyl (C=O) groups is 2. The van der Waals surface area contributed by atoms with E-state index in [2.05, 4.69) is 34.7 Å². The molecule has 1 aromatic heterocycles. The Morgan fingerprint density at radius 1 is 1.00 bits per heavy atom. The van der Waals surface area contributed by atoms with Crippen molar-refractivity contribution in [2.75, 3.05) is 11.9 Å². The number of aromatic nitrogens is 1. The number of carbonyl (C=O) groups excluding carboxylic acids is 1. The maximum absolute atomic E-state index is 12.1. The molecule has 1 heterocycles. The summed E-state index contributed by atoms with van der Waals surface area (Å²) in [5, 5.41) is 14.9. The number of amides is 1. The van der Waals surface area contributed by atoms with Crippen molar-refractivity contribution in [1.29, 1.82) is 0 Å². The first-order chi connectivity index (χ1) is 17.0. The molecule has 4 aromatic rings. The van der Waals surface area contributed by atoms with Gasteiger partial charge in [-0.25, -0.2) is 4.98 Å². The Morgan fingerprint density at radius 3 is 2.43 bits per heavy atom. The number of para-hydroxylation sites is 2. The summed E-state index contributed by atoms with van der Waals surface area (Å²) in [6.45, 7) is 2.27. The summed E-state index contributed by atoms with van der Waals surface area (Å²) in [4.78, 5) is 27.3. The van der Waals surface area contributed by atoms with E-state index in [4.69, 9.17) is 9.52 Å². The van der Waals surface area contributed by atoms with E-state index in [9.17, 15) is 9.59 Å². The fraction of sp³-hybridized carbons (Fsp3) is 0.250. The molecule has 7 heteroatoms. The molecule has 1 amide bonds. The summed E-state index contributed by atoms with van der Waals surface area (Å²) in [7, 11) is 0. The zero-order chi connectivity index (χ0) is 24.6. The highest BCUT2D eigenvalue weighted by molar-refractivity contribution is 5.94. The van der Waals surface area contributed by atoms with Crippen LogP contribution in [0.1, 0.15) is 42.1 Å². The number of hydrogen-bond acceptors (Lipinski definition) is 5. The monoisotopic (exact) mass is 471 g/mol. The number of nitrogens with zero attached hydrogens (tertiary/aromatic N) is 1. The second-order valence-electron chi connectivity index (χ2n) is 8.49. The van der Waals surface area contributed by atoms with Crippen LogP contribution in [0.2, 0.25) is 0 Å². The van der Waals surface area contributed by atoms with Crippen LogP contribution >= 0.6 is 0 Å². The molecule has 0 bridgehead atoms. The maximum Gasteiger partial charge on any atom is 0.305 e. The molecule has 35 heavy (non-hydrogen) atoms. The van der Waals surface area contributed by atoms with Gasteiger partial charge in [0.1, 0.15) is 5.52 Å². The lowest BCUT2D eigenvalue weighted by Crippen LogP contribution is -2.26. The van der Waals surface area contributed by atoms with Crippen LogP contribution in [-0.4, -0.2) is 34.6 Å². The minimum absolute atomic E-state index is 0.0974. The van der Waals surface area contributed by atoms with E-state index in [0.29, 0.717) is 11.5 Å². The van der Waals surface area contributed by atoms with Gasteiger partial charge in [0.2, 0.25) is 5.89 Å². The highest BCUT2D eigenvalue weighted by Gasteiger charge is 2.12. The van der Waals surface area contributed by atoms with Crippen LogP contribution in [0, 0.1) is 0 Å². The molecule has 0 saturated heterocycles. The number of nitrogens with one attached hydrogen (secondary N) is 2. The third kappa shape index (κ3) is 6.47. The maximum atomic E-state index is 12.1. The topological polar surface area (TPSA) is 104 Å². The SMILES string of the molecule is CCC[C@H](Cc1ccc(-c2nc3ccccc3o2)cc1)Nc1ccc(C(=O)NCCC(=O)O)cc1. The van der Waals surface area contributed by atoms with Crippen molar-refractivity contribution in [2.45, 2.75) is 38.6 Å². The van der Waals surface area contributed by atoms with E-state index >= 15 is 0 Å². The molecule has 0 aliphatic rings. The lowest BCUT2D eigenvalue weighted by atomic mass is 10.0. The van der Waals surface area contributed by atoms with Crippen molar-refractivity contribution < 1.29 is 19.1 Å². The van der Waals surface area contributed by atoms with Crippen molar-refractivity contribution in [2.24, 2.45) is 0 Å². The molecule has 0 spiro atoms. The Kier molecular flexibility index (Phi) is 7.77. The molecule has 180 valence electrons. The summed E-state index contributed by atoms with van der Waals surface area (Å²) in [6.07, 6.45) is 2.81. The van der Waals surface area contributed by atoms with E-state index in [-0.39, 0.29) is 24.9 Å². The second kappa shape index (κ2) is 11.3. The third-order valence-electron chi connectivity index (χ3n) is 5.76. The van der Waals surface area contributed by atoms with Gasteiger partial charge in [-0.2, -0.15) is 0 Å². The molecule has 1 atom stereocenters. The number of fused-ring (bicyclic) bond motifs is 1. The Morgan fingerprint density at radius 2 is 1.74 bits per heavy atom. The first-order valence-electron chi connectivity index (χ1n) is 11.8. The fourth-order valence-corrected chi connectivity index (χ4v) is 3.98. The number of hydrogen-bond donors (Lipinski definition) is 3. The van der Waals surface area contributed by atoms with Gasteiger partial charge in [0, 0.05) is 29.4 Å². The van der Waals surface area contributed by atoms with E-state index in [1.165, 1.54) is 5.56 Å². The van der Waals surface area contributed by atoms with E-state index in [1.807, 2.05) is 48.5 Å². The average Bonchev–Trinajstić information content (AvgIpc) is 3.29. The van der Waals surface area contributed by atoms with Crippen LogP contribution in [0.3, 0.4) is 0 Å². The van der Waals surface area contributed by atoms with Crippen molar-refractivity contribution in [3.8, 4) is 11.5 Å². The van der Waals surface area contributed by atoms with Crippen LogP contribution in [0.15, 0.2) is 77.2 Å². The minimum atomic E-state index is -0.937. The first-order valence-corrected chi connectivity index (χ1v) is 11.8. The van der Waals surface area contributed by atoms with Gasteiger partial charge in [-0.1, -0.05) is 37.6 Å². The highest BCUT2D eigenvalue weighted by atomic mass is 16.4. The van der Waals surface area contributed by atoms with E-state index < -0.39 is 5.97 Å². The lowest BCUT2D eigenvalue weighted by molar-refractivity contribution is -0.136. The number of carboxylic acid groups (broad SMARTS) is 1. The zero-order valence-corrected chi connectivity index (χ0v) is 19.7. The predicted octanol–water partition coefficient (Wildman–Crippen LogP) is 5.52. The quantitative estimate of drug-likeness (QED) is 0.266. The van der Waals surface area contributed by atoms with Crippen molar-refractivity contribution in [1.82, 2.24) is 10.3 Å². The van der Waals surface area contributed by atoms with Crippen LogP contribution < -0.4 is 10.6 Å². The second-order valence-corrected chi connectivity index (χ2v) is 8.49. The van der Waals surface area contributed by atoms with Gasteiger partial charge in [-0.15, -0.1) is 0 Å². The smallest absolute Gasteiger partial charge is 0.305 e. The molecule has 0 aliphatic heterocycles. The van der Waals surface area contributed by atoms with Gasteiger partial charge in [-0.05, 0) is 66.9 Å². The third-order valence-corrected chi connectivity index (χ3v) is 5.76. The van der Waals surface area contributed by atoms with E-state index in [1.54, 1.807) is 12.1 Å². The largest absolute Gasteiger partial charge is 0.481 e. The molecule has 0 radical (unpaired) electrons. The average molecular weight is 472 g/mol. The van der Waals surface area contributed by atoms with Gasteiger partial charge in [0.25, 0.3) is 5.91 Å². The molecule has 0 aliphatic carbocycles. The number of benzene rings is 3. The molecular weight excluding hydrogens is 442 g/mol. The van der Waals surface area contributed by atoms with Gasteiger partial charge >= 0.3 is 5.97 Å².